The molecule has 7 heteroatoms. The molecule has 0 spiro atoms. The maximum Gasteiger partial charge on any atom is 0.258 e. The topological polar surface area (TPSA) is 76.0 Å². The Bertz CT molecular complexity index is 805. The minimum Gasteiger partial charge on any atom is -0.317 e. The Morgan fingerprint density at radius 2 is 2.09 bits per heavy atom. The second kappa shape index (κ2) is 5.33. The van der Waals surface area contributed by atoms with Gasteiger partial charge in [-0.05, 0) is 49.5 Å². The minimum atomic E-state index is -1.53. The summed E-state index contributed by atoms with van der Waals surface area (Å²) in [4.78, 5) is 11.3. The fraction of sp³-hybridized carbons (Fsp3) is 0.333. The van der Waals surface area contributed by atoms with Gasteiger partial charge in [-0.1, -0.05) is 6.07 Å². The van der Waals surface area contributed by atoms with Gasteiger partial charge in [0.25, 0.3) is 5.91 Å². The number of fused-ring (bicyclic) bond motifs is 1. The lowest BCUT2D eigenvalue weighted by Gasteiger charge is -2.23. The summed E-state index contributed by atoms with van der Waals surface area (Å²) in [6, 6.07) is 6.27. The highest BCUT2D eigenvalue weighted by atomic mass is 32.2. The van der Waals surface area contributed by atoms with E-state index in [0.717, 1.165) is 36.8 Å². The zero-order valence-corrected chi connectivity index (χ0v) is 12.7. The van der Waals surface area contributed by atoms with E-state index < -0.39 is 11.0 Å². The first kappa shape index (κ1) is 13.7. The molecule has 2 aliphatic heterocycles. The van der Waals surface area contributed by atoms with Gasteiger partial charge in [0.2, 0.25) is 0 Å². The van der Waals surface area contributed by atoms with Crippen LogP contribution in [0.4, 0.5) is 0 Å². The molecule has 2 N–H and O–H groups in total. The summed E-state index contributed by atoms with van der Waals surface area (Å²) >= 11 is 0. The molecule has 1 atom stereocenters. The third-order valence-electron chi connectivity index (χ3n) is 4.25. The molecule has 1 unspecified atom stereocenters. The largest absolute Gasteiger partial charge is 0.317 e. The van der Waals surface area contributed by atoms with E-state index >= 15 is 0 Å². The normalized spacial score (nSPS) is 22.8. The van der Waals surface area contributed by atoms with Crippen molar-refractivity contribution in [3.05, 3.63) is 36.0 Å². The molecule has 3 heterocycles. The van der Waals surface area contributed by atoms with Gasteiger partial charge in [-0.25, -0.2) is 8.89 Å². The highest BCUT2D eigenvalue weighted by Crippen LogP contribution is 2.29. The number of piperidine rings is 1. The van der Waals surface area contributed by atoms with Crippen molar-refractivity contribution in [3.63, 3.8) is 0 Å². The van der Waals surface area contributed by atoms with E-state index in [-0.39, 0.29) is 5.91 Å². The smallest absolute Gasteiger partial charge is 0.258 e. The van der Waals surface area contributed by atoms with Gasteiger partial charge in [-0.3, -0.25) is 9.52 Å². The highest BCUT2D eigenvalue weighted by Gasteiger charge is 2.23. The average molecular weight is 316 g/mol. The predicted molar refractivity (Wildman–Crippen MR) is 85.1 cm³/mol. The summed E-state index contributed by atoms with van der Waals surface area (Å²) < 4.78 is 15.8. The van der Waals surface area contributed by atoms with Crippen LogP contribution >= 0.6 is 0 Å². The molecular formula is C15H16N4O2S. The van der Waals surface area contributed by atoms with Crippen molar-refractivity contribution in [2.75, 3.05) is 13.1 Å². The van der Waals surface area contributed by atoms with Crippen LogP contribution in [0.5, 0.6) is 0 Å². The van der Waals surface area contributed by atoms with Gasteiger partial charge in [0.15, 0.2) is 16.0 Å². The molecule has 1 saturated heterocycles. The van der Waals surface area contributed by atoms with Crippen molar-refractivity contribution in [2.45, 2.75) is 18.8 Å². The van der Waals surface area contributed by atoms with Gasteiger partial charge >= 0.3 is 0 Å². The fourth-order valence-electron chi connectivity index (χ4n) is 3.11. The van der Waals surface area contributed by atoms with Gasteiger partial charge in [0.1, 0.15) is 0 Å². The summed E-state index contributed by atoms with van der Waals surface area (Å²) in [5, 5.41) is 9.07. The van der Waals surface area contributed by atoms with Gasteiger partial charge in [0, 0.05) is 11.5 Å². The number of nitrogens with zero attached hydrogens (tertiary/aromatic N) is 2. The molecule has 2 aromatic rings. The predicted octanol–water partition coefficient (Wildman–Crippen LogP) is 1.10. The Morgan fingerprint density at radius 1 is 1.27 bits per heavy atom. The van der Waals surface area contributed by atoms with Crippen LogP contribution in [0.25, 0.3) is 15.9 Å². The number of carbonyl (C=O) groups excluding carboxylic acids is 1. The molecule has 6 nitrogen and oxygen atoms in total. The van der Waals surface area contributed by atoms with Crippen LogP contribution in [0.15, 0.2) is 30.5 Å². The summed E-state index contributed by atoms with van der Waals surface area (Å²) in [6.45, 7) is 2.11. The van der Waals surface area contributed by atoms with Crippen molar-refractivity contribution >= 4 is 32.8 Å². The van der Waals surface area contributed by atoms with Crippen LogP contribution in [-0.4, -0.2) is 33.0 Å². The van der Waals surface area contributed by atoms with Crippen LogP contribution in [-0.2, 0) is 15.8 Å². The van der Waals surface area contributed by atoms with Crippen molar-refractivity contribution in [1.29, 1.82) is 0 Å². The molecule has 0 aliphatic carbocycles. The average Bonchev–Trinajstić information content (AvgIpc) is 3.10. The fourth-order valence-corrected chi connectivity index (χ4v) is 3.98. The highest BCUT2D eigenvalue weighted by molar-refractivity contribution is 7.93. The lowest BCUT2D eigenvalue weighted by molar-refractivity contribution is -0.114. The molecule has 0 bridgehead atoms. The summed E-state index contributed by atoms with van der Waals surface area (Å²) in [7, 11) is -1.53. The Balaban J connectivity index is 1.73. The minimum absolute atomic E-state index is 0.344. The van der Waals surface area contributed by atoms with E-state index in [1.54, 1.807) is 10.9 Å². The number of aromatic nitrogens is 2. The molecule has 0 saturated carbocycles. The molecular weight excluding hydrogens is 300 g/mol. The molecule has 22 heavy (non-hydrogen) atoms. The maximum atomic E-state index is 11.9. The van der Waals surface area contributed by atoms with Crippen LogP contribution in [0, 0.1) is 0 Å². The molecule has 2 aliphatic rings. The Hall–Kier alpha value is -1.99. The first-order valence-electron chi connectivity index (χ1n) is 7.35. The number of hydrogen-bond acceptors (Lipinski definition) is 4. The summed E-state index contributed by atoms with van der Waals surface area (Å²) in [6.07, 6.45) is 5.39. The van der Waals surface area contributed by atoms with Gasteiger partial charge < -0.3 is 5.32 Å². The maximum absolute atomic E-state index is 11.9. The Labute approximate surface area is 130 Å². The lowest BCUT2D eigenvalue weighted by atomic mass is 9.90. The van der Waals surface area contributed by atoms with Crippen LogP contribution < -0.4 is 10.0 Å². The molecule has 1 amide bonds. The third kappa shape index (κ3) is 2.26. The monoisotopic (exact) mass is 316 g/mol. The zero-order chi connectivity index (χ0) is 15.1. The summed E-state index contributed by atoms with van der Waals surface area (Å²) in [5.41, 5.74) is 2.19. The van der Waals surface area contributed by atoms with E-state index in [2.05, 4.69) is 27.3 Å². The number of hydrogen-bond donors (Lipinski definition) is 2. The molecule has 1 aromatic carbocycles. The summed E-state index contributed by atoms with van der Waals surface area (Å²) in [5.74, 6) is 0.236. The number of amides is 1. The molecule has 0 radical (unpaired) electrons. The zero-order valence-electron chi connectivity index (χ0n) is 11.9. The van der Waals surface area contributed by atoms with E-state index in [9.17, 15) is 9.00 Å². The second-order valence-electron chi connectivity index (χ2n) is 5.62. The van der Waals surface area contributed by atoms with Gasteiger partial charge in [-0.2, -0.15) is 5.10 Å². The Kier molecular flexibility index (Phi) is 3.31. The van der Waals surface area contributed by atoms with E-state index in [1.807, 2.05) is 6.07 Å². The van der Waals surface area contributed by atoms with Crippen LogP contribution in [0.2, 0.25) is 0 Å². The quantitative estimate of drug-likeness (QED) is 0.870. The number of benzene rings is 1. The van der Waals surface area contributed by atoms with E-state index in [4.69, 9.17) is 0 Å². The number of carbonyl (C=O) groups is 1. The standard InChI is InChI=1S/C15H16N4O2S/c20-14-8-15(22(21)18-14)19-13-2-1-11(7-12(13)9-17-19)10-3-5-16-6-4-10/h1-2,7-10,16H,3-6H2,(H,18,20). The first-order chi connectivity index (χ1) is 10.7. The van der Waals surface area contributed by atoms with E-state index in [1.165, 1.54) is 11.6 Å². The van der Waals surface area contributed by atoms with Crippen LogP contribution in [0.1, 0.15) is 24.3 Å². The molecule has 114 valence electrons. The second-order valence-corrected chi connectivity index (χ2v) is 6.78. The number of rotatable bonds is 2. The van der Waals surface area contributed by atoms with Gasteiger partial charge in [-0.15, -0.1) is 0 Å². The van der Waals surface area contributed by atoms with Gasteiger partial charge in [0.05, 0.1) is 11.7 Å². The SMILES string of the molecule is O=C1C=C(n2ncc3cc(C4CCNCC4)ccc32)S(=O)N1. The lowest BCUT2D eigenvalue weighted by Crippen LogP contribution is -2.26. The molecule has 1 fully saturated rings. The molecule has 4 rings (SSSR count). The number of nitrogens with one attached hydrogen (secondary N) is 2. The van der Waals surface area contributed by atoms with E-state index in [0.29, 0.717) is 10.9 Å². The van der Waals surface area contributed by atoms with Crippen molar-refractivity contribution in [1.82, 2.24) is 19.8 Å². The molecule has 1 aromatic heterocycles. The third-order valence-corrected chi connectivity index (χ3v) is 5.31. The van der Waals surface area contributed by atoms with Crippen molar-refractivity contribution in [2.24, 2.45) is 0 Å². The van der Waals surface area contributed by atoms with Crippen LogP contribution in [0.3, 0.4) is 0 Å². The Morgan fingerprint density at radius 3 is 2.82 bits per heavy atom. The van der Waals surface area contributed by atoms with Crippen molar-refractivity contribution in [3.8, 4) is 0 Å². The first-order valence-corrected chi connectivity index (χ1v) is 8.50. The van der Waals surface area contributed by atoms with Crippen molar-refractivity contribution < 1.29 is 9.00 Å².